The summed E-state index contributed by atoms with van der Waals surface area (Å²) in [6.07, 6.45) is 1.01. The van der Waals surface area contributed by atoms with Crippen LogP contribution in [-0.4, -0.2) is 47.6 Å². The molecule has 3 aromatic rings. The number of halogens is 2. The van der Waals surface area contributed by atoms with Gasteiger partial charge in [-0.15, -0.1) is 0 Å². The lowest BCUT2D eigenvalue weighted by Crippen LogP contribution is -2.46. The van der Waals surface area contributed by atoms with E-state index >= 15 is 0 Å². The van der Waals surface area contributed by atoms with Crippen LogP contribution in [0.5, 0.6) is 0 Å². The summed E-state index contributed by atoms with van der Waals surface area (Å²) in [5.41, 5.74) is 2.21. The van der Waals surface area contributed by atoms with Crippen molar-refractivity contribution in [2.75, 3.05) is 25.0 Å². The Balaban J connectivity index is 1.18. The summed E-state index contributed by atoms with van der Waals surface area (Å²) in [4.78, 5) is 40.0. The van der Waals surface area contributed by atoms with Crippen LogP contribution in [0.3, 0.4) is 0 Å². The Morgan fingerprint density at radius 1 is 1.12 bits per heavy atom. The number of carbonyl (C=O) groups is 2. The van der Waals surface area contributed by atoms with E-state index in [2.05, 4.69) is 15.6 Å². The van der Waals surface area contributed by atoms with Gasteiger partial charge in [-0.25, -0.2) is 9.59 Å². The molecule has 0 unspecified atom stereocenters. The van der Waals surface area contributed by atoms with E-state index in [-0.39, 0.29) is 25.1 Å². The predicted molar refractivity (Wildman–Crippen MR) is 125 cm³/mol. The first-order chi connectivity index (χ1) is 15.9. The van der Waals surface area contributed by atoms with E-state index in [1.165, 1.54) is 0 Å². The van der Waals surface area contributed by atoms with Gasteiger partial charge >= 0.3 is 11.8 Å². The maximum Gasteiger partial charge on any atom is 0.417 e. The Labute approximate surface area is 199 Å². The summed E-state index contributed by atoms with van der Waals surface area (Å²) in [6.45, 7) is 1.27. The third kappa shape index (κ3) is 6.28. The number of anilines is 1. The number of hydrogen-bond acceptors (Lipinski definition) is 6. The fourth-order valence-corrected chi connectivity index (χ4v) is 4.23. The van der Waals surface area contributed by atoms with Crippen LogP contribution in [0.25, 0.3) is 11.1 Å². The number of likely N-dealkylation sites (tertiary alicyclic amines) is 1. The van der Waals surface area contributed by atoms with Gasteiger partial charge in [-0.3, -0.25) is 9.78 Å². The van der Waals surface area contributed by atoms with Gasteiger partial charge in [-0.2, -0.15) is 0 Å². The molecule has 1 aliphatic heterocycles. The molecule has 0 saturated carbocycles. The molecule has 11 heteroatoms. The lowest BCUT2D eigenvalue weighted by molar-refractivity contribution is -0.115. The second kappa shape index (κ2) is 10.3. The van der Waals surface area contributed by atoms with Crippen molar-refractivity contribution in [2.45, 2.75) is 25.5 Å². The molecule has 1 saturated heterocycles. The van der Waals surface area contributed by atoms with Gasteiger partial charge in [0.2, 0.25) is 5.91 Å². The first-order valence-electron chi connectivity index (χ1n) is 10.4. The zero-order valence-corrected chi connectivity index (χ0v) is 19.0. The number of nitrogens with one attached hydrogen (secondary N) is 3. The summed E-state index contributed by atoms with van der Waals surface area (Å²) in [5, 5.41) is 6.96. The van der Waals surface area contributed by atoms with Gasteiger partial charge in [-0.1, -0.05) is 23.2 Å². The molecular formula is C22H22Cl2N4O5. The highest BCUT2D eigenvalue weighted by Crippen LogP contribution is 2.20. The van der Waals surface area contributed by atoms with E-state index in [1.54, 1.807) is 41.3 Å². The number of amides is 2. The molecule has 1 fully saturated rings. The smallest absolute Gasteiger partial charge is 0.417 e. The third-order valence-electron chi connectivity index (χ3n) is 5.29. The molecule has 3 N–H and O–H groups in total. The average molecular weight is 493 g/mol. The van der Waals surface area contributed by atoms with Crippen molar-refractivity contribution in [1.82, 2.24) is 15.2 Å². The molecule has 0 radical (unpaired) electrons. The molecule has 2 aromatic carbocycles. The molecule has 1 aliphatic rings. The second-order valence-electron chi connectivity index (χ2n) is 7.75. The number of hydrogen-bond donors (Lipinski definition) is 3. The van der Waals surface area contributed by atoms with Gasteiger partial charge in [0.05, 0.1) is 12.1 Å². The molecule has 0 aliphatic carbocycles. The molecule has 0 bridgehead atoms. The van der Waals surface area contributed by atoms with Gasteiger partial charge in [0.1, 0.15) is 6.61 Å². The van der Waals surface area contributed by atoms with Crippen LogP contribution in [0, 0.1) is 0 Å². The highest BCUT2D eigenvalue weighted by Gasteiger charge is 2.24. The zero-order chi connectivity index (χ0) is 23.4. The number of ether oxygens (including phenoxy) is 1. The maximum absolute atomic E-state index is 12.3. The topological polar surface area (TPSA) is 117 Å². The monoisotopic (exact) mass is 492 g/mol. The van der Waals surface area contributed by atoms with Crippen molar-refractivity contribution in [2.24, 2.45) is 0 Å². The van der Waals surface area contributed by atoms with Crippen LogP contribution >= 0.6 is 23.2 Å². The van der Waals surface area contributed by atoms with Crippen molar-refractivity contribution >= 4 is 52.0 Å². The van der Waals surface area contributed by atoms with Crippen LogP contribution in [-0.2, 0) is 16.1 Å². The minimum Gasteiger partial charge on any atom is -0.445 e. The molecule has 9 nitrogen and oxygen atoms in total. The first kappa shape index (κ1) is 23.2. The van der Waals surface area contributed by atoms with E-state index in [1.807, 2.05) is 0 Å². The fraction of sp³-hybridized carbons (Fsp3) is 0.318. The van der Waals surface area contributed by atoms with Crippen molar-refractivity contribution < 1.29 is 18.7 Å². The molecule has 174 valence electrons. The molecule has 0 atom stereocenters. The minimum atomic E-state index is -0.542. The fourth-order valence-electron chi connectivity index (χ4n) is 3.66. The van der Waals surface area contributed by atoms with Gasteiger partial charge in [0.25, 0.3) is 0 Å². The summed E-state index contributed by atoms with van der Waals surface area (Å²) in [5.74, 6) is -0.756. The summed E-state index contributed by atoms with van der Waals surface area (Å²) in [6, 6.07) is 10.1. The number of rotatable bonds is 6. The number of benzene rings is 2. The minimum absolute atomic E-state index is 0.0927. The molecule has 0 spiro atoms. The van der Waals surface area contributed by atoms with Crippen LogP contribution in [0.4, 0.5) is 10.5 Å². The lowest BCUT2D eigenvalue weighted by atomic mass is 10.1. The molecule has 2 amide bonds. The van der Waals surface area contributed by atoms with Gasteiger partial charge in [0, 0.05) is 40.9 Å². The summed E-state index contributed by atoms with van der Waals surface area (Å²) < 4.78 is 10.4. The largest absolute Gasteiger partial charge is 0.445 e. The van der Waals surface area contributed by atoms with E-state index in [4.69, 9.17) is 32.4 Å². The third-order valence-corrected chi connectivity index (χ3v) is 5.73. The number of piperidine rings is 1. The van der Waals surface area contributed by atoms with Gasteiger partial charge < -0.3 is 24.7 Å². The Hall–Kier alpha value is -3.01. The van der Waals surface area contributed by atoms with E-state index < -0.39 is 11.8 Å². The molecule has 4 rings (SSSR count). The van der Waals surface area contributed by atoms with Crippen LogP contribution in [0.2, 0.25) is 10.0 Å². The number of H-pyrrole nitrogens is 1. The summed E-state index contributed by atoms with van der Waals surface area (Å²) in [7, 11) is 0. The standard InChI is InChI=1S/C22H22Cl2N4O5/c23-14-7-13(8-15(24)9-14)12-32-22(31)28-5-3-16(4-6-28)25-11-20(29)26-17-1-2-18-19(10-17)33-21(30)27-18/h1-2,7-10,16,25H,3-6,11-12H2,(H,26,29)(H,27,30). The second-order valence-corrected chi connectivity index (χ2v) is 8.62. The van der Waals surface area contributed by atoms with E-state index in [0.717, 1.165) is 5.56 Å². The number of fused-ring (bicyclic) bond motifs is 1. The molecule has 2 heterocycles. The van der Waals surface area contributed by atoms with Crippen molar-refractivity contribution in [3.63, 3.8) is 0 Å². The van der Waals surface area contributed by atoms with Crippen molar-refractivity contribution in [3.8, 4) is 0 Å². The predicted octanol–water partition coefficient (Wildman–Crippen LogP) is 3.76. The number of nitrogens with zero attached hydrogens (tertiary/aromatic N) is 1. The van der Waals surface area contributed by atoms with Gasteiger partial charge in [-0.05, 0) is 48.7 Å². The Morgan fingerprint density at radius 3 is 2.58 bits per heavy atom. The Morgan fingerprint density at radius 2 is 1.85 bits per heavy atom. The quantitative estimate of drug-likeness (QED) is 0.482. The summed E-state index contributed by atoms with van der Waals surface area (Å²) >= 11 is 11.9. The van der Waals surface area contributed by atoms with Crippen LogP contribution in [0.1, 0.15) is 18.4 Å². The van der Waals surface area contributed by atoms with Crippen LogP contribution in [0.15, 0.2) is 45.6 Å². The lowest BCUT2D eigenvalue weighted by Gasteiger charge is -2.31. The van der Waals surface area contributed by atoms with Gasteiger partial charge in [0.15, 0.2) is 5.58 Å². The molecule has 1 aromatic heterocycles. The van der Waals surface area contributed by atoms with Crippen molar-refractivity contribution in [1.29, 1.82) is 0 Å². The number of aromatic nitrogens is 1. The Kier molecular flexibility index (Phi) is 7.22. The highest BCUT2D eigenvalue weighted by molar-refractivity contribution is 6.34. The molecular weight excluding hydrogens is 471 g/mol. The SMILES string of the molecule is O=C(CNC1CCN(C(=O)OCc2cc(Cl)cc(Cl)c2)CC1)Nc1ccc2[nH]c(=O)oc2c1. The normalized spacial score (nSPS) is 14.4. The number of carbonyl (C=O) groups excluding carboxylic acids is 2. The van der Waals surface area contributed by atoms with E-state index in [9.17, 15) is 14.4 Å². The number of aromatic amines is 1. The Bertz CT molecular complexity index is 1200. The average Bonchev–Trinajstić information content (AvgIpc) is 3.15. The highest BCUT2D eigenvalue weighted by atomic mass is 35.5. The van der Waals surface area contributed by atoms with E-state index in [0.29, 0.717) is 52.8 Å². The number of oxazole rings is 1. The first-order valence-corrected chi connectivity index (χ1v) is 11.1. The van der Waals surface area contributed by atoms with Crippen molar-refractivity contribution in [3.05, 3.63) is 62.6 Å². The molecule has 33 heavy (non-hydrogen) atoms. The zero-order valence-electron chi connectivity index (χ0n) is 17.5. The maximum atomic E-state index is 12.3. The van der Waals surface area contributed by atoms with Crippen LogP contribution < -0.4 is 16.4 Å².